The number of nitrogens with one attached hydrogen (secondary N) is 5. The highest BCUT2D eigenvalue weighted by molar-refractivity contribution is 5.97. The molecule has 0 spiro atoms. The number of carbonyl (C=O) groups excluding carboxylic acids is 6. The molecule has 0 unspecified atom stereocenters. The third-order valence-electron chi connectivity index (χ3n) is 16.2. The topological polar surface area (TPSA) is 213 Å². The molecule has 2 aliphatic rings. The van der Waals surface area contributed by atoms with E-state index < -0.39 is 72.3 Å². The molecule has 2 aromatic carbocycles. The van der Waals surface area contributed by atoms with Crippen LogP contribution in [0.15, 0.2) is 36.4 Å². The molecule has 2 fully saturated rings. The van der Waals surface area contributed by atoms with Gasteiger partial charge in [-0.2, -0.15) is 0 Å². The standard InChI is InChI=1S/C61H89F2N7O10/c1-9-13-15-17-19-21-27-77-60(75)79-45-32-43(69(36-45)58(73)40(11-3)29-54(71)38(5)64-7)34-49-47-25-23-41(62)30-52(47)66-55(49)56-50(48-26-24-42(63)31-53(48)67-56)35-44-33-46(80-61(76)78-28-22-20-18-16-14-10-2)37-70(44)59(74)51(12-4)68-57(72)39(6)65-8/h23-26,30-31,38-40,43-46,51,64-67H,9-22,27-29,32-37H2,1-8H3,(H,68,72)/t38-,39-,40+,43-,44-,45-,46-,51-/m0/s1. The number of nitrogens with zero attached hydrogens (tertiary/aromatic N) is 2. The van der Waals surface area contributed by atoms with Crippen molar-refractivity contribution in [2.75, 3.05) is 40.4 Å². The number of fused-ring (bicyclic) bond motifs is 2. The van der Waals surface area contributed by atoms with Crippen LogP contribution < -0.4 is 16.0 Å². The molecule has 17 nitrogen and oxygen atoms in total. The van der Waals surface area contributed by atoms with Gasteiger partial charge in [-0.3, -0.25) is 19.2 Å². The third-order valence-corrected chi connectivity index (χ3v) is 16.2. The summed E-state index contributed by atoms with van der Waals surface area (Å²) in [6, 6.07) is 5.66. The number of likely N-dealkylation sites (N-methyl/N-ethyl adjacent to an activating group) is 2. The van der Waals surface area contributed by atoms with Gasteiger partial charge < -0.3 is 54.7 Å². The summed E-state index contributed by atoms with van der Waals surface area (Å²) >= 11 is 0. The predicted octanol–water partition coefficient (Wildman–Crippen LogP) is 10.7. The highest BCUT2D eigenvalue weighted by Gasteiger charge is 2.43. The minimum Gasteiger partial charge on any atom is -0.434 e. The molecule has 19 heteroatoms. The van der Waals surface area contributed by atoms with Crippen LogP contribution in [0.3, 0.4) is 0 Å². The first-order valence-corrected chi connectivity index (χ1v) is 29.6. The van der Waals surface area contributed by atoms with Gasteiger partial charge in [-0.05, 0) is 114 Å². The van der Waals surface area contributed by atoms with E-state index in [4.69, 9.17) is 18.9 Å². The number of ether oxygens (including phenoxy) is 4. The quantitative estimate of drug-likeness (QED) is 0.0228. The number of Topliss-reactive ketones (excluding diaryl/α,β-unsaturated/α-hetero) is 1. The lowest BCUT2D eigenvalue weighted by Crippen LogP contribution is -2.53. The van der Waals surface area contributed by atoms with Crippen LogP contribution >= 0.6 is 0 Å². The molecule has 2 saturated heterocycles. The molecule has 80 heavy (non-hydrogen) atoms. The molecule has 3 amide bonds. The largest absolute Gasteiger partial charge is 0.508 e. The van der Waals surface area contributed by atoms with Gasteiger partial charge in [-0.15, -0.1) is 0 Å². The van der Waals surface area contributed by atoms with Gasteiger partial charge in [-0.1, -0.05) is 91.9 Å². The van der Waals surface area contributed by atoms with Gasteiger partial charge in [0.2, 0.25) is 17.7 Å². The maximum atomic E-state index is 15.3. The number of ketones is 1. The van der Waals surface area contributed by atoms with E-state index in [9.17, 15) is 28.8 Å². The van der Waals surface area contributed by atoms with E-state index in [-0.39, 0.29) is 88.3 Å². The molecule has 0 bridgehead atoms. The minimum atomic E-state index is -0.907. The maximum absolute atomic E-state index is 15.3. The van der Waals surface area contributed by atoms with E-state index in [1.165, 1.54) is 24.3 Å². The number of halogens is 2. The second-order valence-electron chi connectivity index (χ2n) is 22.0. The van der Waals surface area contributed by atoms with E-state index in [1.54, 1.807) is 56.8 Å². The van der Waals surface area contributed by atoms with Gasteiger partial charge in [-0.25, -0.2) is 18.4 Å². The summed E-state index contributed by atoms with van der Waals surface area (Å²) in [7, 11) is 3.35. The van der Waals surface area contributed by atoms with Crippen molar-refractivity contribution in [2.45, 2.75) is 206 Å². The minimum absolute atomic E-state index is 0.00633. The van der Waals surface area contributed by atoms with Crippen LogP contribution in [0.25, 0.3) is 33.2 Å². The van der Waals surface area contributed by atoms with Gasteiger partial charge in [0.05, 0.1) is 49.8 Å². The van der Waals surface area contributed by atoms with Crippen LogP contribution in [0.2, 0.25) is 0 Å². The number of likely N-dealkylation sites (tertiary alicyclic amines) is 2. The molecule has 6 rings (SSSR count). The Morgan fingerprint density at radius 2 is 1.06 bits per heavy atom. The SMILES string of the molecule is CCCCCCCCOC(=O)O[C@H]1C[C@@H](Cc2c(-c3[nH]c4cc(F)ccc4c3C[C@@H]3C[C@H](OC(=O)OCCCCCCCC)CN3C(=O)[C@H](CC)NC(=O)[C@H](C)NC)[nH]c3cc(F)ccc23)N(C(=O)[C@H](CC)CC(=O)[C@H](C)NC)C1. The molecular formula is C61H89F2N7O10. The zero-order chi connectivity index (χ0) is 57.9. The van der Waals surface area contributed by atoms with Crippen LogP contribution in [0.1, 0.15) is 162 Å². The molecule has 2 aromatic heterocycles. The molecule has 4 aromatic rings. The number of carbonyl (C=O) groups is 6. The van der Waals surface area contributed by atoms with Crippen LogP contribution in [-0.4, -0.2) is 138 Å². The Balaban J connectivity index is 1.37. The second-order valence-corrected chi connectivity index (χ2v) is 22.0. The summed E-state index contributed by atoms with van der Waals surface area (Å²) in [5.41, 5.74) is 3.32. The lowest BCUT2D eigenvalue weighted by Gasteiger charge is -2.29. The highest BCUT2D eigenvalue weighted by Crippen LogP contribution is 2.41. The summed E-state index contributed by atoms with van der Waals surface area (Å²) in [6.45, 7) is 11.9. The molecule has 442 valence electrons. The average molecular weight is 1120 g/mol. The summed E-state index contributed by atoms with van der Waals surface area (Å²) in [5, 5.41) is 10.1. The van der Waals surface area contributed by atoms with Gasteiger partial charge in [0, 0.05) is 59.1 Å². The number of H-pyrrole nitrogens is 2. The van der Waals surface area contributed by atoms with Crippen LogP contribution in [0, 0.1) is 17.6 Å². The van der Waals surface area contributed by atoms with E-state index in [0.29, 0.717) is 63.6 Å². The average Bonchev–Trinajstić information content (AvgIpc) is 4.23. The maximum Gasteiger partial charge on any atom is 0.508 e. The zero-order valence-corrected chi connectivity index (χ0v) is 48.6. The van der Waals surface area contributed by atoms with Gasteiger partial charge in [0.25, 0.3) is 0 Å². The molecule has 5 N–H and O–H groups in total. The van der Waals surface area contributed by atoms with Crippen molar-refractivity contribution >= 4 is 57.6 Å². The number of hydrogen-bond donors (Lipinski definition) is 5. The van der Waals surface area contributed by atoms with E-state index >= 15 is 8.78 Å². The number of aromatic nitrogens is 2. The molecule has 0 aliphatic carbocycles. The molecular weight excluding hydrogens is 1030 g/mol. The van der Waals surface area contributed by atoms with Gasteiger partial charge in [0.1, 0.15) is 35.7 Å². The summed E-state index contributed by atoms with van der Waals surface area (Å²) in [5.74, 6) is -2.74. The first kappa shape index (κ1) is 63.1. The highest BCUT2D eigenvalue weighted by atomic mass is 19.1. The fourth-order valence-corrected chi connectivity index (χ4v) is 11.2. The molecule has 8 atom stereocenters. The smallest absolute Gasteiger partial charge is 0.434 e. The molecule has 2 aliphatic heterocycles. The zero-order valence-electron chi connectivity index (χ0n) is 48.6. The van der Waals surface area contributed by atoms with Crippen molar-refractivity contribution in [1.29, 1.82) is 0 Å². The van der Waals surface area contributed by atoms with Crippen LogP contribution in [-0.2, 0) is 51.0 Å². The Hall–Kier alpha value is -6.08. The van der Waals surface area contributed by atoms with E-state index in [2.05, 4.69) is 39.8 Å². The van der Waals surface area contributed by atoms with Crippen molar-refractivity contribution < 1.29 is 56.5 Å². The van der Waals surface area contributed by atoms with Crippen molar-refractivity contribution in [3.63, 3.8) is 0 Å². The van der Waals surface area contributed by atoms with Gasteiger partial charge in [0.15, 0.2) is 0 Å². The lowest BCUT2D eigenvalue weighted by atomic mass is 9.93. The van der Waals surface area contributed by atoms with Crippen LogP contribution in [0.5, 0.6) is 0 Å². The van der Waals surface area contributed by atoms with Crippen molar-refractivity contribution in [3.05, 3.63) is 59.2 Å². The number of benzene rings is 2. The number of aromatic amines is 2. The van der Waals surface area contributed by atoms with E-state index in [1.807, 2.05) is 6.92 Å². The number of hydrogen-bond acceptors (Lipinski definition) is 12. The predicted molar refractivity (Wildman–Crippen MR) is 305 cm³/mol. The summed E-state index contributed by atoms with van der Waals surface area (Å²) < 4.78 is 53.5. The van der Waals surface area contributed by atoms with Gasteiger partial charge >= 0.3 is 12.3 Å². The first-order valence-electron chi connectivity index (χ1n) is 29.6. The first-order chi connectivity index (χ1) is 38.5. The van der Waals surface area contributed by atoms with Crippen molar-refractivity contribution in [1.82, 2.24) is 35.7 Å². The van der Waals surface area contributed by atoms with E-state index in [0.717, 1.165) is 64.2 Å². The number of amides is 3. The van der Waals surface area contributed by atoms with Crippen molar-refractivity contribution in [3.8, 4) is 11.4 Å². The molecule has 4 heterocycles. The Bertz CT molecular complexity index is 2510. The molecule has 0 saturated carbocycles. The fourth-order valence-electron chi connectivity index (χ4n) is 11.2. The summed E-state index contributed by atoms with van der Waals surface area (Å²) in [4.78, 5) is 92.9. The second kappa shape index (κ2) is 31.2. The third kappa shape index (κ3) is 17.0. The number of unbranched alkanes of at least 4 members (excludes halogenated alkanes) is 10. The normalized spacial score (nSPS) is 18.8. The Kier molecular flexibility index (Phi) is 24.6. The van der Waals surface area contributed by atoms with Crippen molar-refractivity contribution in [2.24, 2.45) is 5.92 Å². The fraction of sp³-hybridized carbons (Fsp3) is 0.639. The summed E-state index contributed by atoms with van der Waals surface area (Å²) in [6.07, 6.45) is 10.4. The Labute approximate surface area is 471 Å². The number of rotatable bonds is 32. The Morgan fingerprint density at radius 3 is 1.50 bits per heavy atom. The van der Waals surface area contributed by atoms with Crippen LogP contribution in [0.4, 0.5) is 18.4 Å². The monoisotopic (exact) mass is 1120 g/mol. The molecule has 0 radical (unpaired) electrons. The lowest BCUT2D eigenvalue weighted by molar-refractivity contribution is -0.139. The Morgan fingerprint density at radius 1 is 0.613 bits per heavy atom.